The van der Waals surface area contributed by atoms with Gasteiger partial charge in [0.15, 0.2) is 0 Å². The Morgan fingerprint density at radius 2 is 1.75 bits per heavy atom. The summed E-state index contributed by atoms with van der Waals surface area (Å²) >= 11 is 6.42. The van der Waals surface area contributed by atoms with E-state index >= 15 is 0 Å². The maximum Gasteiger partial charge on any atom is 0.0485 e. The summed E-state index contributed by atoms with van der Waals surface area (Å²) in [6.07, 6.45) is 0. The maximum absolute atomic E-state index is 6.42. The molecule has 0 aliphatic carbocycles. The highest BCUT2D eigenvalue weighted by atomic mass is 35.5. The molecule has 2 aromatic rings. The number of hydrogen-bond donors (Lipinski definition) is 1. The van der Waals surface area contributed by atoms with Gasteiger partial charge in [-0.3, -0.25) is 0 Å². The highest BCUT2D eigenvalue weighted by Gasteiger charge is 2.12. The minimum atomic E-state index is 0.303. The van der Waals surface area contributed by atoms with Crippen molar-refractivity contribution in [1.29, 1.82) is 0 Å². The van der Waals surface area contributed by atoms with Gasteiger partial charge >= 0.3 is 0 Å². The Morgan fingerprint density at radius 3 is 2.40 bits per heavy atom. The van der Waals surface area contributed by atoms with E-state index in [9.17, 15) is 0 Å². The Hall–Kier alpha value is -1.51. The van der Waals surface area contributed by atoms with Crippen molar-refractivity contribution in [3.63, 3.8) is 0 Å². The fourth-order valence-corrected chi connectivity index (χ4v) is 2.50. The average Bonchev–Trinajstić information content (AvgIpc) is 2.47. The molecule has 3 heteroatoms. The Balaban J connectivity index is 2.57. The van der Waals surface area contributed by atoms with Crippen molar-refractivity contribution < 1.29 is 0 Å². The molecule has 0 saturated heterocycles. The van der Waals surface area contributed by atoms with Gasteiger partial charge in [0, 0.05) is 42.0 Å². The van der Waals surface area contributed by atoms with Gasteiger partial charge in [-0.05, 0) is 37.7 Å². The Morgan fingerprint density at radius 1 is 1.05 bits per heavy atom. The van der Waals surface area contributed by atoms with Crippen molar-refractivity contribution in [2.75, 3.05) is 26.0 Å². The van der Waals surface area contributed by atoms with Crippen LogP contribution in [0.4, 0.5) is 5.69 Å². The molecule has 1 unspecified atom stereocenters. The lowest BCUT2D eigenvalue weighted by atomic mass is 9.98. The van der Waals surface area contributed by atoms with Gasteiger partial charge in [-0.25, -0.2) is 0 Å². The summed E-state index contributed by atoms with van der Waals surface area (Å²) in [7, 11) is 6.06. The topological polar surface area (TPSA) is 15.3 Å². The molecule has 2 rings (SSSR count). The second-order valence-corrected chi connectivity index (χ2v) is 5.57. The largest absolute Gasteiger partial charge is 0.377 e. The molecule has 0 aromatic heterocycles. The molecule has 0 saturated carbocycles. The molecule has 0 amide bonds. The lowest BCUT2D eigenvalue weighted by Crippen LogP contribution is -2.12. The fourth-order valence-electron chi connectivity index (χ4n) is 2.28. The second kappa shape index (κ2) is 6.29. The second-order valence-electron chi connectivity index (χ2n) is 5.16. The predicted molar refractivity (Wildman–Crippen MR) is 88.7 cm³/mol. The van der Waals surface area contributed by atoms with Crippen molar-refractivity contribution >= 4 is 17.3 Å². The predicted octanol–water partition coefficient (Wildman–Crippen LogP) is 4.35. The SMILES string of the molecule is CNC(C)c1ccc(Cl)c(-c2ccccc2N(C)C)c1. The summed E-state index contributed by atoms with van der Waals surface area (Å²) in [5.41, 5.74) is 4.65. The van der Waals surface area contributed by atoms with Gasteiger partial charge < -0.3 is 10.2 Å². The van der Waals surface area contributed by atoms with Crippen LogP contribution in [0.2, 0.25) is 5.02 Å². The highest BCUT2D eigenvalue weighted by Crippen LogP contribution is 2.36. The van der Waals surface area contributed by atoms with E-state index in [1.807, 2.05) is 39.3 Å². The first-order chi connectivity index (χ1) is 9.54. The van der Waals surface area contributed by atoms with Gasteiger partial charge in [-0.1, -0.05) is 35.9 Å². The molecular formula is C17H21ClN2. The molecule has 0 aliphatic heterocycles. The van der Waals surface area contributed by atoms with Gasteiger partial charge in [0.1, 0.15) is 0 Å². The zero-order valence-corrected chi connectivity index (χ0v) is 13.2. The van der Waals surface area contributed by atoms with E-state index in [4.69, 9.17) is 11.6 Å². The van der Waals surface area contributed by atoms with Gasteiger partial charge in [-0.2, -0.15) is 0 Å². The number of rotatable bonds is 4. The lowest BCUT2D eigenvalue weighted by Gasteiger charge is -2.19. The third-order valence-corrected chi connectivity index (χ3v) is 3.93. The van der Waals surface area contributed by atoms with Crippen LogP contribution in [0.25, 0.3) is 11.1 Å². The molecule has 1 N–H and O–H groups in total. The first kappa shape index (κ1) is 14.9. The molecule has 0 aliphatic rings. The van der Waals surface area contributed by atoms with Crippen LogP contribution in [-0.2, 0) is 0 Å². The van der Waals surface area contributed by atoms with Crippen molar-refractivity contribution in [3.8, 4) is 11.1 Å². The van der Waals surface area contributed by atoms with Crippen molar-refractivity contribution in [2.45, 2.75) is 13.0 Å². The van der Waals surface area contributed by atoms with E-state index in [0.717, 1.165) is 16.1 Å². The van der Waals surface area contributed by atoms with Crippen LogP contribution < -0.4 is 10.2 Å². The number of nitrogens with one attached hydrogen (secondary N) is 1. The fraction of sp³-hybridized carbons (Fsp3) is 0.294. The molecular weight excluding hydrogens is 268 g/mol. The van der Waals surface area contributed by atoms with Crippen molar-refractivity contribution in [3.05, 3.63) is 53.1 Å². The molecule has 2 aromatic carbocycles. The third-order valence-electron chi connectivity index (χ3n) is 3.60. The zero-order valence-electron chi connectivity index (χ0n) is 12.4. The van der Waals surface area contributed by atoms with Crippen LogP contribution in [0.5, 0.6) is 0 Å². The van der Waals surface area contributed by atoms with Gasteiger partial charge in [0.25, 0.3) is 0 Å². The Kier molecular flexibility index (Phi) is 4.69. The monoisotopic (exact) mass is 288 g/mol. The van der Waals surface area contributed by atoms with Crippen LogP contribution in [0.15, 0.2) is 42.5 Å². The van der Waals surface area contributed by atoms with E-state index in [1.165, 1.54) is 11.3 Å². The summed E-state index contributed by atoms with van der Waals surface area (Å²) in [6, 6.07) is 14.9. The van der Waals surface area contributed by atoms with Crippen LogP contribution >= 0.6 is 11.6 Å². The molecule has 0 bridgehead atoms. The van der Waals surface area contributed by atoms with Gasteiger partial charge in [-0.15, -0.1) is 0 Å². The Labute approximate surface area is 126 Å². The molecule has 1 atom stereocenters. The smallest absolute Gasteiger partial charge is 0.0485 e. The molecule has 0 heterocycles. The molecule has 0 fully saturated rings. The average molecular weight is 289 g/mol. The van der Waals surface area contributed by atoms with Gasteiger partial charge in [0.2, 0.25) is 0 Å². The number of para-hydroxylation sites is 1. The molecule has 0 spiro atoms. The van der Waals surface area contributed by atoms with E-state index in [1.54, 1.807) is 0 Å². The molecule has 20 heavy (non-hydrogen) atoms. The van der Waals surface area contributed by atoms with Crippen LogP contribution in [0, 0.1) is 0 Å². The van der Waals surface area contributed by atoms with Crippen LogP contribution in [0.3, 0.4) is 0 Å². The summed E-state index contributed by atoms with van der Waals surface area (Å²) in [4.78, 5) is 2.11. The van der Waals surface area contributed by atoms with Gasteiger partial charge in [0.05, 0.1) is 0 Å². The summed E-state index contributed by atoms with van der Waals surface area (Å²) in [5, 5.41) is 4.05. The number of halogens is 1. The van der Waals surface area contributed by atoms with E-state index < -0.39 is 0 Å². The highest BCUT2D eigenvalue weighted by molar-refractivity contribution is 6.33. The first-order valence-electron chi connectivity index (χ1n) is 6.78. The normalized spacial score (nSPS) is 12.2. The minimum absolute atomic E-state index is 0.303. The quantitative estimate of drug-likeness (QED) is 0.899. The first-order valence-corrected chi connectivity index (χ1v) is 7.16. The lowest BCUT2D eigenvalue weighted by molar-refractivity contribution is 0.652. The number of anilines is 1. The molecule has 106 valence electrons. The number of hydrogen-bond acceptors (Lipinski definition) is 2. The molecule has 0 radical (unpaired) electrons. The standard InChI is InChI=1S/C17H21ClN2/c1-12(19-2)13-9-10-16(18)15(11-13)14-7-5-6-8-17(14)20(3)4/h5-12,19H,1-4H3. The minimum Gasteiger partial charge on any atom is -0.377 e. The summed E-state index contributed by atoms with van der Waals surface area (Å²) < 4.78 is 0. The van der Waals surface area contributed by atoms with E-state index in [-0.39, 0.29) is 0 Å². The summed E-state index contributed by atoms with van der Waals surface area (Å²) in [6.45, 7) is 2.14. The Bertz CT molecular complexity index is 593. The maximum atomic E-state index is 6.42. The number of benzene rings is 2. The number of nitrogens with zero attached hydrogens (tertiary/aromatic N) is 1. The molecule has 2 nitrogen and oxygen atoms in total. The van der Waals surface area contributed by atoms with E-state index in [0.29, 0.717) is 6.04 Å². The van der Waals surface area contributed by atoms with Crippen molar-refractivity contribution in [1.82, 2.24) is 5.32 Å². The summed E-state index contributed by atoms with van der Waals surface area (Å²) in [5.74, 6) is 0. The van der Waals surface area contributed by atoms with Crippen LogP contribution in [0.1, 0.15) is 18.5 Å². The van der Waals surface area contributed by atoms with E-state index in [2.05, 4.69) is 41.4 Å². The van der Waals surface area contributed by atoms with Crippen LogP contribution in [-0.4, -0.2) is 21.1 Å². The third kappa shape index (κ3) is 2.97. The zero-order chi connectivity index (χ0) is 14.7. The van der Waals surface area contributed by atoms with Crippen molar-refractivity contribution in [2.24, 2.45) is 0 Å².